The number of nitrogens with zero attached hydrogens (tertiary/aromatic N) is 2. The summed E-state index contributed by atoms with van der Waals surface area (Å²) in [6, 6.07) is 23.5. The van der Waals surface area contributed by atoms with Gasteiger partial charge >= 0.3 is 6.18 Å². The first kappa shape index (κ1) is 23.6. The Kier molecular flexibility index (Phi) is 7.52. The predicted octanol–water partition coefficient (Wildman–Crippen LogP) is 6.28. The van der Waals surface area contributed by atoms with E-state index in [0.29, 0.717) is 5.56 Å². The van der Waals surface area contributed by atoms with Gasteiger partial charge < -0.3 is 10.2 Å². The van der Waals surface area contributed by atoms with E-state index in [1.165, 1.54) is 23.8 Å². The third kappa shape index (κ3) is 6.47. The molecule has 4 nitrogen and oxygen atoms in total. The number of rotatable bonds is 7. The summed E-state index contributed by atoms with van der Waals surface area (Å²) < 4.78 is 38.6. The maximum atomic E-state index is 12.9. The van der Waals surface area contributed by atoms with E-state index in [0.717, 1.165) is 30.9 Å². The lowest BCUT2D eigenvalue weighted by Gasteiger charge is -2.23. The van der Waals surface area contributed by atoms with E-state index in [4.69, 9.17) is 0 Å². The third-order valence-electron chi connectivity index (χ3n) is 4.98. The SMILES string of the molecule is CCN(Cc1ccccc1)c1ccc(/C=C(\C#N)C(=O)Nc2cccc(C(F)(F)F)c2)cc1. The summed E-state index contributed by atoms with van der Waals surface area (Å²) in [7, 11) is 0. The van der Waals surface area contributed by atoms with Gasteiger partial charge in [-0.15, -0.1) is 0 Å². The Labute approximate surface area is 190 Å². The number of hydrogen-bond acceptors (Lipinski definition) is 3. The summed E-state index contributed by atoms with van der Waals surface area (Å²) in [5, 5.41) is 11.8. The Morgan fingerprint density at radius 1 is 1.03 bits per heavy atom. The van der Waals surface area contributed by atoms with Crippen molar-refractivity contribution >= 4 is 23.4 Å². The molecule has 3 rings (SSSR count). The van der Waals surface area contributed by atoms with Gasteiger partial charge in [0.1, 0.15) is 11.6 Å². The van der Waals surface area contributed by atoms with Crippen LogP contribution in [0, 0.1) is 11.3 Å². The number of carbonyl (C=O) groups excluding carboxylic acids is 1. The number of nitriles is 1. The molecule has 3 aromatic carbocycles. The Hall–Kier alpha value is -4.05. The van der Waals surface area contributed by atoms with Crippen LogP contribution in [0.3, 0.4) is 0 Å². The van der Waals surface area contributed by atoms with Crippen molar-refractivity contribution in [3.05, 3.63) is 101 Å². The number of halogens is 3. The Balaban J connectivity index is 1.73. The van der Waals surface area contributed by atoms with Gasteiger partial charge in [0, 0.05) is 24.5 Å². The molecule has 0 radical (unpaired) electrons. The van der Waals surface area contributed by atoms with Crippen LogP contribution in [0.25, 0.3) is 6.08 Å². The predicted molar refractivity (Wildman–Crippen MR) is 123 cm³/mol. The van der Waals surface area contributed by atoms with Gasteiger partial charge in [-0.3, -0.25) is 4.79 Å². The lowest BCUT2D eigenvalue weighted by atomic mass is 10.1. The highest BCUT2D eigenvalue weighted by atomic mass is 19.4. The smallest absolute Gasteiger partial charge is 0.367 e. The van der Waals surface area contributed by atoms with Crippen molar-refractivity contribution < 1.29 is 18.0 Å². The monoisotopic (exact) mass is 449 g/mol. The van der Waals surface area contributed by atoms with Gasteiger partial charge in [-0.2, -0.15) is 18.4 Å². The summed E-state index contributed by atoms with van der Waals surface area (Å²) in [5.74, 6) is -0.778. The van der Waals surface area contributed by atoms with Crippen LogP contribution >= 0.6 is 0 Å². The fraction of sp³-hybridized carbons (Fsp3) is 0.154. The Bertz CT molecular complexity index is 1160. The van der Waals surface area contributed by atoms with Crippen LogP contribution in [-0.2, 0) is 17.5 Å². The fourth-order valence-electron chi connectivity index (χ4n) is 3.26. The minimum Gasteiger partial charge on any atom is -0.367 e. The average Bonchev–Trinajstić information content (AvgIpc) is 2.81. The van der Waals surface area contributed by atoms with Crippen molar-refractivity contribution in [1.29, 1.82) is 5.26 Å². The van der Waals surface area contributed by atoms with E-state index >= 15 is 0 Å². The molecule has 0 atom stereocenters. The molecule has 0 fully saturated rings. The summed E-state index contributed by atoms with van der Waals surface area (Å²) in [6.07, 6.45) is -3.12. The largest absolute Gasteiger partial charge is 0.416 e. The summed E-state index contributed by atoms with van der Waals surface area (Å²) >= 11 is 0. The highest BCUT2D eigenvalue weighted by molar-refractivity contribution is 6.09. The maximum Gasteiger partial charge on any atom is 0.416 e. The quantitative estimate of drug-likeness (QED) is 0.341. The van der Waals surface area contributed by atoms with Crippen molar-refractivity contribution in [2.45, 2.75) is 19.6 Å². The zero-order valence-electron chi connectivity index (χ0n) is 17.9. The first-order chi connectivity index (χ1) is 15.8. The fourth-order valence-corrected chi connectivity index (χ4v) is 3.26. The van der Waals surface area contributed by atoms with E-state index in [-0.39, 0.29) is 11.3 Å². The second-order valence-electron chi connectivity index (χ2n) is 7.29. The highest BCUT2D eigenvalue weighted by Crippen LogP contribution is 2.30. The molecule has 1 N–H and O–H groups in total. The average molecular weight is 449 g/mol. The molecule has 0 aliphatic heterocycles. The topological polar surface area (TPSA) is 56.1 Å². The number of amides is 1. The molecule has 1 amide bonds. The number of nitrogens with one attached hydrogen (secondary N) is 1. The van der Waals surface area contributed by atoms with Gasteiger partial charge in [-0.1, -0.05) is 48.5 Å². The van der Waals surface area contributed by atoms with Crippen molar-refractivity contribution in [3.8, 4) is 6.07 Å². The van der Waals surface area contributed by atoms with Crippen LogP contribution in [-0.4, -0.2) is 12.5 Å². The Morgan fingerprint density at radius 3 is 2.33 bits per heavy atom. The van der Waals surface area contributed by atoms with E-state index in [2.05, 4.69) is 29.3 Å². The summed E-state index contributed by atoms with van der Waals surface area (Å²) in [5.41, 5.74) is 1.68. The van der Waals surface area contributed by atoms with Crippen LogP contribution in [0.4, 0.5) is 24.5 Å². The standard InChI is InChI=1S/C26H22F3N3O/c1-2-32(18-20-7-4-3-5-8-20)24-13-11-19(12-14-24)15-21(17-30)25(33)31-23-10-6-9-22(16-23)26(27,28)29/h3-16H,2,18H2,1H3,(H,31,33)/b21-15+. The molecule has 168 valence electrons. The van der Waals surface area contributed by atoms with Gasteiger partial charge in [-0.05, 0) is 54.5 Å². The molecule has 0 aromatic heterocycles. The maximum absolute atomic E-state index is 12.9. The molecule has 0 unspecified atom stereocenters. The zero-order valence-corrected chi connectivity index (χ0v) is 17.9. The molecule has 7 heteroatoms. The molecule has 0 heterocycles. The van der Waals surface area contributed by atoms with Gasteiger partial charge in [0.05, 0.1) is 5.56 Å². The van der Waals surface area contributed by atoms with Crippen LogP contribution in [0.1, 0.15) is 23.6 Å². The third-order valence-corrected chi connectivity index (χ3v) is 4.98. The zero-order chi connectivity index (χ0) is 23.8. The normalized spacial score (nSPS) is 11.5. The van der Waals surface area contributed by atoms with Crippen LogP contribution < -0.4 is 10.2 Å². The molecular weight excluding hydrogens is 427 g/mol. The molecule has 33 heavy (non-hydrogen) atoms. The molecule has 0 saturated heterocycles. The van der Waals surface area contributed by atoms with Gasteiger partial charge in [0.2, 0.25) is 0 Å². The number of hydrogen-bond donors (Lipinski definition) is 1. The van der Waals surface area contributed by atoms with E-state index in [9.17, 15) is 23.2 Å². The molecule has 0 bridgehead atoms. The first-order valence-corrected chi connectivity index (χ1v) is 10.3. The van der Waals surface area contributed by atoms with Gasteiger partial charge in [0.15, 0.2) is 0 Å². The van der Waals surface area contributed by atoms with Crippen molar-refractivity contribution in [2.75, 3.05) is 16.8 Å². The lowest BCUT2D eigenvalue weighted by Crippen LogP contribution is -2.21. The first-order valence-electron chi connectivity index (χ1n) is 10.3. The number of carbonyl (C=O) groups is 1. The van der Waals surface area contributed by atoms with Gasteiger partial charge in [-0.25, -0.2) is 0 Å². The van der Waals surface area contributed by atoms with E-state index in [1.54, 1.807) is 12.1 Å². The number of benzene rings is 3. The van der Waals surface area contributed by atoms with Crippen molar-refractivity contribution in [2.24, 2.45) is 0 Å². The molecule has 0 aliphatic rings. The Morgan fingerprint density at radius 2 is 1.73 bits per heavy atom. The van der Waals surface area contributed by atoms with Crippen LogP contribution in [0.5, 0.6) is 0 Å². The molecule has 0 saturated carbocycles. The number of anilines is 2. The minimum atomic E-state index is -4.52. The minimum absolute atomic E-state index is 0.0363. The second-order valence-corrected chi connectivity index (χ2v) is 7.29. The summed E-state index contributed by atoms with van der Waals surface area (Å²) in [4.78, 5) is 14.6. The van der Waals surface area contributed by atoms with E-state index in [1.807, 2.05) is 36.4 Å². The van der Waals surface area contributed by atoms with Crippen LogP contribution in [0.2, 0.25) is 0 Å². The summed E-state index contributed by atoms with van der Waals surface area (Å²) in [6.45, 7) is 3.60. The molecule has 3 aromatic rings. The second kappa shape index (κ2) is 10.5. The van der Waals surface area contributed by atoms with Gasteiger partial charge in [0.25, 0.3) is 5.91 Å². The van der Waals surface area contributed by atoms with E-state index < -0.39 is 17.6 Å². The molecular formula is C26H22F3N3O. The molecule has 0 spiro atoms. The van der Waals surface area contributed by atoms with Crippen molar-refractivity contribution in [3.63, 3.8) is 0 Å². The van der Waals surface area contributed by atoms with Crippen LogP contribution in [0.15, 0.2) is 84.4 Å². The number of alkyl halides is 3. The van der Waals surface area contributed by atoms with Crippen molar-refractivity contribution in [1.82, 2.24) is 0 Å². The molecule has 0 aliphatic carbocycles. The lowest BCUT2D eigenvalue weighted by molar-refractivity contribution is -0.137. The highest BCUT2D eigenvalue weighted by Gasteiger charge is 2.30.